The summed E-state index contributed by atoms with van der Waals surface area (Å²) in [6.45, 7) is 9.44. The molecule has 2 rings (SSSR count). The molecule has 1 atom stereocenters. The summed E-state index contributed by atoms with van der Waals surface area (Å²) in [4.78, 5) is 23.1. The number of nitrogens with zero attached hydrogens (tertiary/aromatic N) is 3. The Labute approximate surface area is 173 Å². The molecule has 8 heteroatoms. The van der Waals surface area contributed by atoms with Crippen molar-refractivity contribution in [3.63, 3.8) is 0 Å². The second-order valence-corrected chi connectivity index (χ2v) is 8.55. The van der Waals surface area contributed by atoms with Gasteiger partial charge in [-0.15, -0.1) is 11.3 Å². The summed E-state index contributed by atoms with van der Waals surface area (Å²) in [6.07, 6.45) is 2.18. The van der Waals surface area contributed by atoms with Crippen molar-refractivity contribution in [3.8, 4) is 0 Å². The molecular weight excluding hydrogens is 374 g/mol. The molecule has 1 unspecified atom stereocenters. The van der Waals surface area contributed by atoms with Crippen LogP contribution < -0.4 is 10.6 Å². The van der Waals surface area contributed by atoms with E-state index in [2.05, 4.69) is 46.5 Å². The molecule has 2 heterocycles. The molecule has 1 aromatic rings. The number of nitrogens with one attached hydrogen (secondary N) is 2. The smallest absolute Gasteiger partial charge is 0.243 e. The second-order valence-electron chi connectivity index (χ2n) is 7.23. The van der Waals surface area contributed by atoms with Crippen molar-refractivity contribution in [2.24, 2.45) is 4.99 Å². The van der Waals surface area contributed by atoms with E-state index in [9.17, 15) is 4.79 Å². The minimum atomic E-state index is -0.00444. The molecule has 1 saturated heterocycles. The number of thiophene rings is 1. The van der Waals surface area contributed by atoms with Gasteiger partial charge in [-0.1, -0.05) is 13.3 Å². The molecule has 2 N–H and O–H groups in total. The normalized spacial score (nSPS) is 16.6. The first kappa shape index (κ1) is 22.6. The Kier molecular flexibility index (Phi) is 9.73. The van der Waals surface area contributed by atoms with Gasteiger partial charge in [0.1, 0.15) is 6.54 Å². The van der Waals surface area contributed by atoms with E-state index in [0.29, 0.717) is 5.96 Å². The monoisotopic (exact) mass is 409 g/mol. The van der Waals surface area contributed by atoms with Crippen LogP contribution >= 0.6 is 11.3 Å². The number of carbonyl (C=O) groups is 1. The number of guanidine groups is 1. The Balaban J connectivity index is 2.05. The lowest BCUT2D eigenvalue weighted by Crippen LogP contribution is -2.46. The molecule has 158 valence electrons. The van der Waals surface area contributed by atoms with Gasteiger partial charge < -0.3 is 20.3 Å². The number of aryl methyl sites for hydroxylation is 1. The lowest BCUT2D eigenvalue weighted by molar-refractivity contribution is -0.127. The molecule has 1 aromatic heterocycles. The third-order valence-electron chi connectivity index (χ3n) is 4.73. The van der Waals surface area contributed by atoms with Crippen LogP contribution in [0.5, 0.6) is 0 Å². The van der Waals surface area contributed by atoms with Gasteiger partial charge in [-0.25, -0.2) is 4.99 Å². The van der Waals surface area contributed by atoms with Crippen molar-refractivity contribution in [1.82, 2.24) is 20.4 Å². The van der Waals surface area contributed by atoms with Crippen molar-refractivity contribution in [2.45, 2.75) is 32.7 Å². The lowest BCUT2D eigenvalue weighted by Gasteiger charge is -2.34. The molecule has 1 amide bonds. The van der Waals surface area contributed by atoms with Crippen LogP contribution in [-0.2, 0) is 9.53 Å². The maximum absolute atomic E-state index is 11.9. The zero-order valence-corrected chi connectivity index (χ0v) is 18.5. The molecule has 0 bridgehead atoms. The van der Waals surface area contributed by atoms with E-state index in [1.807, 2.05) is 11.3 Å². The minimum Gasteiger partial charge on any atom is -0.379 e. The summed E-state index contributed by atoms with van der Waals surface area (Å²) in [7, 11) is 3.51. The predicted octanol–water partition coefficient (Wildman–Crippen LogP) is 1.85. The van der Waals surface area contributed by atoms with Gasteiger partial charge in [-0.2, -0.15) is 0 Å². The van der Waals surface area contributed by atoms with E-state index in [0.717, 1.165) is 52.2 Å². The number of morpholine rings is 1. The molecule has 0 spiro atoms. The number of hydrogen-bond acceptors (Lipinski definition) is 5. The molecule has 28 heavy (non-hydrogen) atoms. The van der Waals surface area contributed by atoms with E-state index in [-0.39, 0.29) is 18.5 Å². The molecule has 0 aliphatic carbocycles. The number of unbranched alkanes of at least 4 members (excludes halogenated alkanes) is 1. The predicted molar refractivity (Wildman–Crippen MR) is 116 cm³/mol. The Bertz CT molecular complexity index is 626. The van der Waals surface area contributed by atoms with Crippen LogP contribution in [0.3, 0.4) is 0 Å². The largest absolute Gasteiger partial charge is 0.379 e. The summed E-state index contributed by atoms with van der Waals surface area (Å²) in [5.74, 6) is 0.699. The first-order valence-electron chi connectivity index (χ1n) is 10.1. The van der Waals surface area contributed by atoms with Gasteiger partial charge >= 0.3 is 0 Å². The Morgan fingerprint density at radius 2 is 2.07 bits per heavy atom. The van der Waals surface area contributed by atoms with E-state index >= 15 is 0 Å². The van der Waals surface area contributed by atoms with Crippen molar-refractivity contribution in [1.29, 1.82) is 0 Å². The minimum absolute atomic E-state index is 0.00444. The van der Waals surface area contributed by atoms with E-state index in [4.69, 9.17) is 4.74 Å². The zero-order valence-electron chi connectivity index (χ0n) is 17.7. The molecule has 0 radical (unpaired) electrons. The van der Waals surface area contributed by atoms with Crippen LogP contribution in [0, 0.1) is 6.92 Å². The van der Waals surface area contributed by atoms with Gasteiger partial charge in [0.15, 0.2) is 5.96 Å². The molecule has 0 saturated carbocycles. The Morgan fingerprint density at radius 3 is 2.68 bits per heavy atom. The summed E-state index contributed by atoms with van der Waals surface area (Å²) >= 11 is 1.84. The molecule has 1 aliphatic heterocycles. The highest BCUT2D eigenvalue weighted by Gasteiger charge is 2.24. The topological polar surface area (TPSA) is 69.2 Å². The average Bonchev–Trinajstić information content (AvgIpc) is 3.12. The van der Waals surface area contributed by atoms with Crippen molar-refractivity contribution < 1.29 is 9.53 Å². The van der Waals surface area contributed by atoms with Crippen molar-refractivity contribution in [2.75, 3.05) is 60.0 Å². The third-order valence-corrected chi connectivity index (χ3v) is 5.83. The first-order chi connectivity index (χ1) is 13.5. The van der Waals surface area contributed by atoms with E-state index in [1.54, 1.807) is 19.0 Å². The van der Waals surface area contributed by atoms with Gasteiger partial charge in [0.25, 0.3) is 0 Å². The van der Waals surface area contributed by atoms with Crippen molar-refractivity contribution in [3.05, 3.63) is 21.9 Å². The third kappa shape index (κ3) is 7.41. The van der Waals surface area contributed by atoms with Crippen LogP contribution in [0.15, 0.2) is 17.1 Å². The SMILES string of the molecule is CCCCNC(=NCC(=O)N(C)C)NCC(c1ccc(C)s1)N1CCOCC1. The van der Waals surface area contributed by atoms with Gasteiger partial charge in [0.2, 0.25) is 5.91 Å². The molecule has 7 nitrogen and oxygen atoms in total. The number of carbonyl (C=O) groups excluding carboxylic acids is 1. The van der Waals surface area contributed by atoms with E-state index in [1.165, 1.54) is 9.75 Å². The average molecular weight is 410 g/mol. The molecule has 1 fully saturated rings. The number of hydrogen-bond donors (Lipinski definition) is 2. The van der Waals surface area contributed by atoms with Crippen molar-refractivity contribution >= 4 is 23.2 Å². The highest BCUT2D eigenvalue weighted by Crippen LogP contribution is 2.27. The second kappa shape index (κ2) is 12.0. The van der Waals surface area contributed by atoms with Gasteiger partial charge in [0.05, 0.1) is 19.3 Å². The van der Waals surface area contributed by atoms with Crippen LogP contribution in [0.4, 0.5) is 0 Å². The fourth-order valence-corrected chi connectivity index (χ4v) is 3.98. The summed E-state index contributed by atoms with van der Waals surface area (Å²) in [5, 5.41) is 6.83. The molecular formula is C20H35N5O2S. The first-order valence-corrected chi connectivity index (χ1v) is 10.9. The van der Waals surface area contributed by atoms with Crippen LogP contribution in [0.2, 0.25) is 0 Å². The number of amides is 1. The Morgan fingerprint density at radius 1 is 1.32 bits per heavy atom. The highest BCUT2D eigenvalue weighted by molar-refractivity contribution is 7.12. The summed E-state index contributed by atoms with van der Waals surface area (Å²) < 4.78 is 5.53. The fourth-order valence-electron chi connectivity index (χ4n) is 2.97. The fraction of sp³-hybridized carbons (Fsp3) is 0.700. The van der Waals surface area contributed by atoms with Gasteiger partial charge in [0, 0.05) is 50.0 Å². The Hall–Kier alpha value is -1.64. The quantitative estimate of drug-likeness (QED) is 0.370. The highest BCUT2D eigenvalue weighted by atomic mass is 32.1. The van der Waals surface area contributed by atoms with Crippen LogP contribution in [0.1, 0.15) is 35.6 Å². The lowest BCUT2D eigenvalue weighted by atomic mass is 10.2. The van der Waals surface area contributed by atoms with Gasteiger partial charge in [-0.3, -0.25) is 9.69 Å². The molecule has 0 aromatic carbocycles. The number of aliphatic imine (C=N–C) groups is 1. The zero-order chi connectivity index (χ0) is 20.4. The molecule has 1 aliphatic rings. The number of likely N-dealkylation sites (N-methyl/N-ethyl adjacent to an activating group) is 1. The van der Waals surface area contributed by atoms with Crippen LogP contribution in [-0.4, -0.2) is 81.7 Å². The van der Waals surface area contributed by atoms with Crippen LogP contribution in [0.25, 0.3) is 0 Å². The number of ether oxygens (including phenoxy) is 1. The summed E-state index contributed by atoms with van der Waals surface area (Å²) in [5.41, 5.74) is 0. The maximum Gasteiger partial charge on any atom is 0.243 e. The maximum atomic E-state index is 11.9. The standard InChI is InChI=1S/C20H35N5O2S/c1-5-6-9-21-20(23-15-19(26)24(3)4)22-14-17(18-8-7-16(2)28-18)25-10-12-27-13-11-25/h7-8,17H,5-6,9-15H2,1-4H3,(H2,21,22,23). The van der Waals surface area contributed by atoms with E-state index < -0.39 is 0 Å². The summed E-state index contributed by atoms with van der Waals surface area (Å²) in [6, 6.07) is 4.67. The number of rotatable bonds is 9. The van der Waals surface area contributed by atoms with Gasteiger partial charge in [-0.05, 0) is 25.5 Å².